The minimum atomic E-state index is -1.35. The first-order chi connectivity index (χ1) is 16.5. The first-order valence-corrected chi connectivity index (χ1v) is 12.1. The van der Waals surface area contributed by atoms with Gasteiger partial charge in [-0.3, -0.25) is 19.3 Å². The van der Waals surface area contributed by atoms with Crippen molar-refractivity contribution < 1.29 is 19.5 Å². The SMILES string of the molecule is CCc1ccc(N2C(=O)C(CC(=O)O)SC23C(=O)N(Cc2ccccc2)c2ccccc23)cc1. The number of carboxylic acids is 1. The third-order valence-corrected chi connectivity index (χ3v) is 7.94. The van der Waals surface area contributed by atoms with Crippen LogP contribution in [0.5, 0.6) is 0 Å². The van der Waals surface area contributed by atoms with Crippen LogP contribution in [0.3, 0.4) is 0 Å². The third-order valence-electron chi connectivity index (χ3n) is 6.36. The number of fused-ring (bicyclic) bond motifs is 2. The van der Waals surface area contributed by atoms with Crippen molar-refractivity contribution in [2.24, 2.45) is 0 Å². The van der Waals surface area contributed by atoms with Crippen LogP contribution in [0.1, 0.15) is 30.0 Å². The molecule has 7 heteroatoms. The third kappa shape index (κ3) is 3.47. The van der Waals surface area contributed by atoms with Gasteiger partial charge in [-0.1, -0.05) is 67.6 Å². The number of amides is 2. The number of rotatable bonds is 6. The molecule has 1 fully saturated rings. The van der Waals surface area contributed by atoms with Gasteiger partial charge in [0.25, 0.3) is 5.91 Å². The van der Waals surface area contributed by atoms with E-state index in [9.17, 15) is 19.5 Å². The van der Waals surface area contributed by atoms with Crippen LogP contribution in [-0.2, 0) is 32.2 Å². The van der Waals surface area contributed by atoms with Gasteiger partial charge in [0, 0.05) is 11.3 Å². The highest BCUT2D eigenvalue weighted by molar-refractivity contribution is 8.03. The Bertz CT molecular complexity index is 1260. The second-order valence-corrected chi connectivity index (χ2v) is 9.83. The molecule has 2 heterocycles. The molecule has 2 atom stereocenters. The lowest BCUT2D eigenvalue weighted by atomic mass is 10.0. The number of anilines is 2. The molecule has 0 aromatic heterocycles. The molecule has 6 nitrogen and oxygen atoms in total. The number of carbonyl (C=O) groups excluding carboxylic acids is 2. The van der Waals surface area contributed by atoms with Gasteiger partial charge in [0.1, 0.15) is 0 Å². The van der Waals surface area contributed by atoms with Crippen LogP contribution < -0.4 is 9.80 Å². The Morgan fingerprint density at radius 3 is 2.29 bits per heavy atom. The number of aryl methyl sites for hydroxylation is 1. The van der Waals surface area contributed by atoms with Crippen LogP contribution in [0.25, 0.3) is 0 Å². The van der Waals surface area contributed by atoms with Gasteiger partial charge in [0.15, 0.2) is 0 Å². The molecule has 1 spiro atoms. The Kier molecular flexibility index (Phi) is 5.65. The molecule has 0 radical (unpaired) electrons. The Balaban J connectivity index is 1.66. The first kappa shape index (κ1) is 22.2. The van der Waals surface area contributed by atoms with E-state index in [0.29, 0.717) is 17.8 Å². The fourth-order valence-corrected chi connectivity index (χ4v) is 6.40. The van der Waals surface area contributed by atoms with Gasteiger partial charge in [-0.15, -0.1) is 11.8 Å². The maximum Gasteiger partial charge on any atom is 0.305 e. The van der Waals surface area contributed by atoms with Gasteiger partial charge in [-0.2, -0.15) is 0 Å². The van der Waals surface area contributed by atoms with Crippen molar-refractivity contribution in [3.05, 3.63) is 95.6 Å². The summed E-state index contributed by atoms with van der Waals surface area (Å²) in [6.07, 6.45) is 0.505. The van der Waals surface area contributed by atoms with Gasteiger partial charge >= 0.3 is 5.97 Å². The van der Waals surface area contributed by atoms with Crippen molar-refractivity contribution in [3.8, 4) is 0 Å². The summed E-state index contributed by atoms with van der Waals surface area (Å²) >= 11 is 1.14. The molecule has 1 saturated heterocycles. The Morgan fingerprint density at radius 2 is 1.62 bits per heavy atom. The summed E-state index contributed by atoms with van der Waals surface area (Å²) in [6, 6.07) is 24.8. The monoisotopic (exact) mass is 472 g/mol. The average molecular weight is 473 g/mol. The Labute approximate surface area is 202 Å². The van der Waals surface area contributed by atoms with Gasteiger partial charge in [0.2, 0.25) is 10.8 Å². The lowest BCUT2D eigenvalue weighted by Crippen LogP contribution is -2.49. The van der Waals surface area contributed by atoms with Gasteiger partial charge in [-0.05, 0) is 35.7 Å². The molecule has 34 heavy (non-hydrogen) atoms. The van der Waals surface area contributed by atoms with E-state index < -0.39 is 16.1 Å². The highest BCUT2D eigenvalue weighted by Crippen LogP contribution is 2.58. The maximum atomic E-state index is 14.2. The number of hydrogen-bond acceptors (Lipinski definition) is 4. The van der Waals surface area contributed by atoms with E-state index in [0.717, 1.165) is 35.0 Å². The molecule has 2 amide bonds. The number of thioether (sulfide) groups is 1. The topological polar surface area (TPSA) is 77.9 Å². The molecule has 2 aliphatic heterocycles. The average Bonchev–Trinajstić information content (AvgIpc) is 3.26. The molecule has 0 bridgehead atoms. The lowest BCUT2D eigenvalue weighted by Gasteiger charge is -2.33. The predicted octanol–water partition coefficient (Wildman–Crippen LogP) is 4.57. The van der Waals surface area contributed by atoms with Crippen LogP contribution in [0.2, 0.25) is 0 Å². The van der Waals surface area contributed by atoms with E-state index >= 15 is 0 Å². The van der Waals surface area contributed by atoms with Crippen LogP contribution >= 0.6 is 11.8 Å². The second kappa shape index (κ2) is 8.65. The molecule has 2 aliphatic rings. The molecule has 5 rings (SSSR count). The zero-order chi connectivity index (χ0) is 23.9. The first-order valence-electron chi connectivity index (χ1n) is 11.2. The largest absolute Gasteiger partial charge is 0.481 e. The summed E-state index contributed by atoms with van der Waals surface area (Å²) in [6.45, 7) is 2.41. The number of aliphatic carboxylic acids is 1. The fraction of sp³-hybridized carbons (Fsp3) is 0.222. The maximum absolute atomic E-state index is 14.2. The quantitative estimate of drug-likeness (QED) is 0.569. The van der Waals surface area contributed by atoms with Crippen molar-refractivity contribution >= 4 is 40.9 Å². The van der Waals surface area contributed by atoms with Crippen molar-refractivity contribution in [2.75, 3.05) is 9.80 Å². The summed E-state index contributed by atoms with van der Waals surface area (Å²) in [5.41, 5.74) is 4.12. The number of benzene rings is 3. The van der Waals surface area contributed by atoms with E-state index in [4.69, 9.17) is 0 Å². The molecule has 2 unspecified atom stereocenters. The van der Waals surface area contributed by atoms with Crippen LogP contribution in [0, 0.1) is 0 Å². The zero-order valence-electron chi connectivity index (χ0n) is 18.7. The Hall–Kier alpha value is -3.58. The van der Waals surface area contributed by atoms with Gasteiger partial charge < -0.3 is 10.0 Å². The highest BCUT2D eigenvalue weighted by atomic mass is 32.2. The fourth-order valence-electron chi connectivity index (χ4n) is 4.74. The van der Waals surface area contributed by atoms with Crippen molar-refractivity contribution in [2.45, 2.75) is 36.4 Å². The van der Waals surface area contributed by atoms with E-state index in [1.54, 1.807) is 4.90 Å². The van der Waals surface area contributed by atoms with E-state index in [1.807, 2.05) is 78.9 Å². The van der Waals surface area contributed by atoms with Crippen LogP contribution in [0.15, 0.2) is 78.9 Å². The molecule has 172 valence electrons. The lowest BCUT2D eigenvalue weighted by molar-refractivity contribution is -0.138. The van der Waals surface area contributed by atoms with Crippen LogP contribution in [0.4, 0.5) is 11.4 Å². The molecular weight excluding hydrogens is 448 g/mol. The number of para-hydroxylation sites is 1. The smallest absolute Gasteiger partial charge is 0.305 e. The van der Waals surface area contributed by atoms with E-state index in [2.05, 4.69) is 6.92 Å². The minimum Gasteiger partial charge on any atom is -0.481 e. The Morgan fingerprint density at radius 1 is 0.941 bits per heavy atom. The van der Waals surface area contributed by atoms with Gasteiger partial charge in [-0.25, -0.2) is 0 Å². The van der Waals surface area contributed by atoms with E-state index in [-0.39, 0.29) is 18.2 Å². The summed E-state index contributed by atoms with van der Waals surface area (Å²) in [5, 5.41) is 8.61. The summed E-state index contributed by atoms with van der Waals surface area (Å²) in [4.78, 5) is 41.4. The predicted molar refractivity (Wildman–Crippen MR) is 133 cm³/mol. The summed E-state index contributed by atoms with van der Waals surface area (Å²) in [7, 11) is 0. The normalized spacial score (nSPS) is 21.4. The van der Waals surface area contributed by atoms with Crippen molar-refractivity contribution in [1.29, 1.82) is 0 Å². The number of hydrogen-bond donors (Lipinski definition) is 1. The van der Waals surface area contributed by atoms with E-state index in [1.165, 1.54) is 4.90 Å². The molecule has 3 aromatic carbocycles. The number of carboxylic acid groups (broad SMARTS) is 1. The minimum absolute atomic E-state index is 0.233. The molecule has 0 aliphatic carbocycles. The van der Waals surface area contributed by atoms with Crippen molar-refractivity contribution in [3.63, 3.8) is 0 Å². The molecular formula is C27H24N2O4S. The zero-order valence-corrected chi connectivity index (χ0v) is 19.5. The number of nitrogens with zero attached hydrogens (tertiary/aromatic N) is 2. The van der Waals surface area contributed by atoms with Crippen molar-refractivity contribution in [1.82, 2.24) is 0 Å². The standard InChI is InChI=1S/C27H24N2O4S/c1-2-18-12-14-20(15-13-18)29-25(32)23(16-24(30)31)34-27(29)21-10-6-7-11-22(21)28(26(27)33)17-19-8-4-3-5-9-19/h3-15,23H,2,16-17H2,1H3,(H,30,31). The summed E-state index contributed by atoms with van der Waals surface area (Å²) < 4.78 is 0. The second-order valence-electron chi connectivity index (χ2n) is 8.44. The van der Waals surface area contributed by atoms with Crippen LogP contribution in [-0.4, -0.2) is 28.1 Å². The van der Waals surface area contributed by atoms with Gasteiger partial charge in [0.05, 0.1) is 23.9 Å². The summed E-state index contributed by atoms with van der Waals surface area (Å²) in [5.74, 6) is -1.66. The molecule has 0 saturated carbocycles. The number of carbonyl (C=O) groups is 3. The highest BCUT2D eigenvalue weighted by Gasteiger charge is 2.64. The molecule has 3 aromatic rings. The molecule has 1 N–H and O–H groups in total.